The zero-order valence-electron chi connectivity index (χ0n) is 24.9. The summed E-state index contributed by atoms with van der Waals surface area (Å²) in [5, 5.41) is 20.2. The molecule has 0 fully saturated rings. The zero-order chi connectivity index (χ0) is 32.0. The van der Waals surface area contributed by atoms with E-state index in [2.05, 4.69) is 15.5 Å². The van der Waals surface area contributed by atoms with E-state index in [0.29, 0.717) is 34.4 Å². The molecule has 234 valence electrons. The summed E-state index contributed by atoms with van der Waals surface area (Å²) < 4.78 is 26.0. The lowest BCUT2D eigenvalue weighted by Gasteiger charge is -2.22. The molecular weight excluding hydrogens is 628 g/mol. The fourth-order valence-electron chi connectivity index (χ4n) is 4.97. The second kappa shape index (κ2) is 14.0. The molecule has 6 rings (SSSR count). The minimum Gasteiger partial charge on any atom is -0.497 e. The van der Waals surface area contributed by atoms with E-state index in [-0.39, 0.29) is 30.2 Å². The van der Waals surface area contributed by atoms with Crippen LogP contribution in [0.25, 0.3) is 5.69 Å². The van der Waals surface area contributed by atoms with E-state index in [0.717, 1.165) is 21.9 Å². The molecule has 5 aromatic rings. The zero-order valence-corrected chi connectivity index (χ0v) is 26.6. The SMILES string of the molecule is COc1ccc(C(=O)NCc2nnc(SCC(=O)N3N=C(c4cccs4)C[C@H]3c3ccc(OC)cc3)n2-c2ccc(F)cc2)cc1. The molecule has 1 aliphatic heterocycles. The number of ether oxygens (including phenoxy) is 2. The molecule has 1 atom stereocenters. The molecule has 10 nitrogen and oxygen atoms in total. The van der Waals surface area contributed by atoms with E-state index in [1.54, 1.807) is 71.5 Å². The third-order valence-electron chi connectivity index (χ3n) is 7.34. The number of carbonyl (C=O) groups is 2. The molecule has 0 saturated heterocycles. The van der Waals surface area contributed by atoms with Crippen LogP contribution in [0.3, 0.4) is 0 Å². The third kappa shape index (κ3) is 6.80. The Hall–Kier alpha value is -5.01. The van der Waals surface area contributed by atoms with Crippen molar-refractivity contribution in [2.24, 2.45) is 5.10 Å². The molecule has 3 aromatic carbocycles. The largest absolute Gasteiger partial charge is 0.497 e. The van der Waals surface area contributed by atoms with Gasteiger partial charge in [-0.25, -0.2) is 9.40 Å². The van der Waals surface area contributed by atoms with Gasteiger partial charge in [0.15, 0.2) is 11.0 Å². The van der Waals surface area contributed by atoms with Gasteiger partial charge in [0.1, 0.15) is 17.3 Å². The summed E-state index contributed by atoms with van der Waals surface area (Å²) in [5.41, 5.74) is 2.83. The van der Waals surface area contributed by atoms with Crippen LogP contribution in [0, 0.1) is 5.82 Å². The Kier molecular flexibility index (Phi) is 9.41. The Labute approximate surface area is 272 Å². The molecule has 0 saturated carbocycles. The van der Waals surface area contributed by atoms with Gasteiger partial charge in [-0.1, -0.05) is 30.0 Å². The number of hydrogen-bond acceptors (Lipinski definition) is 9. The van der Waals surface area contributed by atoms with E-state index in [4.69, 9.17) is 14.6 Å². The lowest BCUT2D eigenvalue weighted by Crippen LogP contribution is -2.28. The van der Waals surface area contributed by atoms with E-state index in [1.165, 1.54) is 23.9 Å². The van der Waals surface area contributed by atoms with Gasteiger partial charge < -0.3 is 14.8 Å². The van der Waals surface area contributed by atoms with Crippen LogP contribution in [0.2, 0.25) is 0 Å². The summed E-state index contributed by atoms with van der Waals surface area (Å²) in [4.78, 5) is 27.6. The topological polar surface area (TPSA) is 111 Å². The molecule has 3 heterocycles. The average molecular weight is 657 g/mol. The van der Waals surface area contributed by atoms with Crippen molar-refractivity contribution in [3.63, 3.8) is 0 Å². The second-order valence-electron chi connectivity index (χ2n) is 10.2. The van der Waals surface area contributed by atoms with E-state index < -0.39 is 5.82 Å². The average Bonchev–Trinajstić information content (AvgIpc) is 3.87. The molecule has 0 aliphatic carbocycles. The van der Waals surface area contributed by atoms with Gasteiger partial charge in [-0.2, -0.15) is 5.10 Å². The maximum absolute atomic E-state index is 13.8. The first-order valence-electron chi connectivity index (χ1n) is 14.3. The maximum Gasteiger partial charge on any atom is 0.253 e. The van der Waals surface area contributed by atoms with Crippen LogP contribution in [0.4, 0.5) is 4.39 Å². The fraction of sp³-hybridized carbons (Fsp3) is 0.182. The summed E-state index contributed by atoms with van der Waals surface area (Å²) in [6.45, 7) is 0.0455. The van der Waals surface area contributed by atoms with Gasteiger partial charge in [0, 0.05) is 17.7 Å². The fourth-order valence-corrected chi connectivity index (χ4v) is 6.52. The minimum absolute atomic E-state index is 0.0193. The molecule has 0 radical (unpaired) electrons. The number of amides is 2. The van der Waals surface area contributed by atoms with E-state index in [1.807, 2.05) is 41.8 Å². The van der Waals surface area contributed by atoms with Crippen molar-refractivity contribution in [3.8, 4) is 17.2 Å². The molecule has 2 amide bonds. The van der Waals surface area contributed by atoms with Crippen molar-refractivity contribution in [3.05, 3.63) is 118 Å². The summed E-state index contributed by atoms with van der Waals surface area (Å²) in [7, 11) is 3.17. The molecule has 13 heteroatoms. The quantitative estimate of drug-likeness (QED) is 0.177. The Balaban J connectivity index is 1.22. The van der Waals surface area contributed by atoms with Gasteiger partial charge in [0.2, 0.25) is 0 Å². The highest BCUT2D eigenvalue weighted by Gasteiger charge is 2.33. The van der Waals surface area contributed by atoms with Crippen molar-refractivity contribution in [2.45, 2.75) is 24.2 Å². The molecule has 0 unspecified atom stereocenters. The highest BCUT2D eigenvalue weighted by atomic mass is 32.2. The van der Waals surface area contributed by atoms with Gasteiger partial charge in [0.25, 0.3) is 11.8 Å². The van der Waals surface area contributed by atoms with Gasteiger partial charge in [0.05, 0.1) is 43.1 Å². The smallest absolute Gasteiger partial charge is 0.253 e. The first kappa shape index (κ1) is 31.0. The van der Waals surface area contributed by atoms with E-state index in [9.17, 15) is 14.0 Å². The monoisotopic (exact) mass is 656 g/mol. The number of thiophene rings is 1. The number of nitrogens with one attached hydrogen (secondary N) is 1. The highest BCUT2D eigenvalue weighted by molar-refractivity contribution is 7.99. The van der Waals surface area contributed by atoms with E-state index >= 15 is 0 Å². The first-order valence-corrected chi connectivity index (χ1v) is 16.1. The number of hydrogen-bond donors (Lipinski definition) is 1. The summed E-state index contributed by atoms with van der Waals surface area (Å²) in [6, 6.07) is 23.9. The van der Waals surface area contributed by atoms with Crippen LogP contribution >= 0.6 is 23.1 Å². The van der Waals surface area contributed by atoms with Crippen molar-refractivity contribution in [1.82, 2.24) is 25.1 Å². The normalized spacial score (nSPS) is 14.2. The van der Waals surface area contributed by atoms with Crippen LogP contribution in [0.1, 0.15) is 39.1 Å². The van der Waals surface area contributed by atoms with Crippen molar-refractivity contribution in [2.75, 3.05) is 20.0 Å². The minimum atomic E-state index is -0.395. The number of nitrogens with zero attached hydrogens (tertiary/aromatic N) is 5. The lowest BCUT2D eigenvalue weighted by molar-refractivity contribution is -0.130. The summed E-state index contributed by atoms with van der Waals surface area (Å²) in [5.74, 6) is 0.893. The lowest BCUT2D eigenvalue weighted by atomic mass is 10.0. The van der Waals surface area contributed by atoms with Crippen LogP contribution in [0.5, 0.6) is 11.5 Å². The van der Waals surface area contributed by atoms with Crippen molar-refractivity contribution < 1.29 is 23.5 Å². The predicted molar refractivity (Wildman–Crippen MR) is 174 cm³/mol. The molecule has 2 aromatic heterocycles. The molecule has 0 spiro atoms. The molecule has 1 N–H and O–H groups in total. The second-order valence-corrected chi connectivity index (χ2v) is 12.1. The molecule has 46 heavy (non-hydrogen) atoms. The van der Waals surface area contributed by atoms with Crippen LogP contribution in [-0.2, 0) is 11.3 Å². The van der Waals surface area contributed by atoms with Crippen molar-refractivity contribution in [1.29, 1.82) is 0 Å². The third-order valence-corrected chi connectivity index (χ3v) is 9.17. The summed E-state index contributed by atoms with van der Waals surface area (Å²) in [6.07, 6.45) is 0.576. The van der Waals surface area contributed by atoms with Crippen LogP contribution in [-0.4, -0.2) is 57.3 Å². The number of hydrazone groups is 1. The van der Waals surface area contributed by atoms with Gasteiger partial charge in [-0.05, 0) is 77.7 Å². The number of thioether (sulfide) groups is 1. The molecule has 1 aliphatic rings. The Morgan fingerprint density at radius 3 is 2.30 bits per heavy atom. The van der Waals surface area contributed by atoms with Crippen LogP contribution < -0.4 is 14.8 Å². The number of benzene rings is 3. The van der Waals surface area contributed by atoms with Crippen LogP contribution in [0.15, 0.2) is 101 Å². The maximum atomic E-state index is 13.8. The van der Waals surface area contributed by atoms with Gasteiger partial charge >= 0.3 is 0 Å². The number of carbonyl (C=O) groups excluding carboxylic acids is 2. The Bertz CT molecular complexity index is 1840. The van der Waals surface area contributed by atoms with Gasteiger partial charge in [-0.15, -0.1) is 21.5 Å². The summed E-state index contributed by atoms with van der Waals surface area (Å²) >= 11 is 2.77. The van der Waals surface area contributed by atoms with Gasteiger partial charge in [-0.3, -0.25) is 14.2 Å². The highest BCUT2D eigenvalue weighted by Crippen LogP contribution is 2.35. The molecular formula is C33H29FN6O4S2. The van der Waals surface area contributed by atoms with Crippen molar-refractivity contribution >= 4 is 40.6 Å². The Morgan fingerprint density at radius 2 is 1.65 bits per heavy atom. The number of rotatable bonds is 11. The molecule has 0 bridgehead atoms. The number of methoxy groups -OCH3 is 2. The first-order chi connectivity index (χ1) is 22.4. The standard InChI is InChI=1S/C33H29FN6O4S2/c1-43-25-13-5-21(6-14-25)28-18-27(29-4-3-17-45-29)38-40(28)31(41)20-46-33-37-36-30(39(33)24-11-9-23(34)10-12-24)19-35-32(42)22-7-15-26(44-2)16-8-22/h3-17,28H,18-20H2,1-2H3,(H,35,42)/t28-/m0/s1. The number of halogens is 1. The predicted octanol–water partition coefficient (Wildman–Crippen LogP) is 5.89. The number of aromatic nitrogens is 3. The Morgan fingerprint density at radius 1 is 0.957 bits per heavy atom.